The Morgan fingerprint density at radius 1 is 1.14 bits per heavy atom. The van der Waals surface area contributed by atoms with Gasteiger partial charge >= 0.3 is 0 Å². The molecule has 3 heterocycles. The van der Waals surface area contributed by atoms with Crippen LogP contribution in [0.5, 0.6) is 11.5 Å². The molecule has 10 heteroatoms. The molecular weight excluding hydrogens is 374 g/mol. The summed E-state index contributed by atoms with van der Waals surface area (Å²) in [5.74, 6) is 3.51. The van der Waals surface area contributed by atoms with Gasteiger partial charge in [-0.2, -0.15) is 9.97 Å². The summed E-state index contributed by atoms with van der Waals surface area (Å²) < 4.78 is 16.2. The Hall–Kier alpha value is -3.30. The second-order valence-electron chi connectivity index (χ2n) is 7.25. The van der Waals surface area contributed by atoms with Crippen molar-refractivity contribution in [1.29, 1.82) is 0 Å². The first kappa shape index (κ1) is 19.0. The van der Waals surface area contributed by atoms with Crippen molar-refractivity contribution in [3.63, 3.8) is 0 Å². The molecule has 0 radical (unpaired) electrons. The Kier molecular flexibility index (Phi) is 4.99. The fourth-order valence-electron chi connectivity index (χ4n) is 3.54. The van der Waals surface area contributed by atoms with Crippen LogP contribution in [0.25, 0.3) is 10.9 Å². The summed E-state index contributed by atoms with van der Waals surface area (Å²) in [4.78, 5) is 17.7. The van der Waals surface area contributed by atoms with Crippen LogP contribution in [-0.4, -0.2) is 61.5 Å². The van der Waals surface area contributed by atoms with Crippen molar-refractivity contribution in [2.24, 2.45) is 0 Å². The number of aromatic nitrogens is 4. The zero-order valence-corrected chi connectivity index (χ0v) is 17.0. The van der Waals surface area contributed by atoms with Gasteiger partial charge in [-0.3, -0.25) is 0 Å². The highest BCUT2D eigenvalue weighted by atomic mass is 16.5. The van der Waals surface area contributed by atoms with Gasteiger partial charge in [-0.05, 0) is 24.1 Å². The largest absolute Gasteiger partial charge is 0.493 e. The number of ether oxygens (including phenoxy) is 2. The third-order valence-electron chi connectivity index (χ3n) is 5.10. The molecule has 2 aromatic heterocycles. The van der Waals surface area contributed by atoms with E-state index in [9.17, 15) is 0 Å². The molecule has 0 amide bonds. The minimum Gasteiger partial charge on any atom is -0.493 e. The van der Waals surface area contributed by atoms with E-state index in [0.29, 0.717) is 47.2 Å². The van der Waals surface area contributed by atoms with Gasteiger partial charge in [-0.1, -0.05) is 0 Å². The number of hydrogen-bond acceptors (Lipinski definition) is 10. The van der Waals surface area contributed by atoms with E-state index in [4.69, 9.17) is 24.7 Å². The lowest BCUT2D eigenvalue weighted by Gasteiger charge is -2.31. The molecular formula is C19H25N7O3. The Morgan fingerprint density at radius 2 is 1.90 bits per heavy atom. The number of piperidine rings is 1. The summed E-state index contributed by atoms with van der Waals surface area (Å²) in [7, 11) is 6.95. The minimum absolute atomic E-state index is 0.121. The third kappa shape index (κ3) is 3.57. The minimum atomic E-state index is 0.121. The summed E-state index contributed by atoms with van der Waals surface area (Å²) in [6, 6.07) is 3.62. The molecule has 1 aliphatic heterocycles. The highest BCUT2D eigenvalue weighted by molar-refractivity contribution is 5.91. The van der Waals surface area contributed by atoms with Crippen LogP contribution in [0.2, 0.25) is 0 Å². The zero-order chi connectivity index (χ0) is 20.5. The first-order chi connectivity index (χ1) is 14.0. The van der Waals surface area contributed by atoms with Crippen LogP contribution in [0.1, 0.15) is 24.7 Å². The van der Waals surface area contributed by atoms with Gasteiger partial charge in [-0.25, -0.2) is 4.98 Å². The maximum Gasteiger partial charge on any atom is 0.265 e. The summed E-state index contributed by atoms with van der Waals surface area (Å²) >= 11 is 0. The molecule has 1 fully saturated rings. The van der Waals surface area contributed by atoms with Crippen molar-refractivity contribution in [2.45, 2.75) is 18.8 Å². The number of rotatable bonds is 5. The Bertz CT molecular complexity index is 1020. The first-order valence-electron chi connectivity index (χ1n) is 9.45. The van der Waals surface area contributed by atoms with E-state index in [1.807, 2.05) is 25.1 Å². The predicted octanol–water partition coefficient (Wildman–Crippen LogP) is 2.06. The molecule has 1 unspecified atom stereocenters. The van der Waals surface area contributed by atoms with Gasteiger partial charge in [0.2, 0.25) is 11.8 Å². The van der Waals surface area contributed by atoms with Gasteiger partial charge in [0, 0.05) is 38.6 Å². The smallest absolute Gasteiger partial charge is 0.265 e. The van der Waals surface area contributed by atoms with E-state index < -0.39 is 0 Å². The van der Waals surface area contributed by atoms with Crippen LogP contribution in [-0.2, 0) is 0 Å². The number of fused-ring (bicyclic) bond motifs is 1. The number of nitrogens with zero attached hydrogens (tertiary/aromatic N) is 6. The molecule has 1 aromatic carbocycles. The number of nitrogens with two attached hydrogens (primary N) is 1. The van der Waals surface area contributed by atoms with Crippen molar-refractivity contribution in [2.75, 3.05) is 56.9 Å². The second kappa shape index (κ2) is 7.61. The Morgan fingerprint density at radius 3 is 2.59 bits per heavy atom. The highest BCUT2D eigenvalue weighted by Gasteiger charge is 2.28. The summed E-state index contributed by atoms with van der Waals surface area (Å²) in [5, 5.41) is 4.75. The molecule has 3 aromatic rings. The van der Waals surface area contributed by atoms with Crippen LogP contribution < -0.4 is 25.0 Å². The average Bonchev–Trinajstić information content (AvgIpc) is 3.23. The molecule has 1 saturated heterocycles. The molecule has 10 nitrogen and oxygen atoms in total. The second-order valence-corrected chi connectivity index (χ2v) is 7.25. The van der Waals surface area contributed by atoms with E-state index in [2.05, 4.69) is 20.0 Å². The average molecular weight is 399 g/mol. The zero-order valence-electron chi connectivity index (χ0n) is 17.0. The fraction of sp³-hybridized carbons (Fsp3) is 0.474. The van der Waals surface area contributed by atoms with Crippen LogP contribution in [0, 0.1) is 0 Å². The van der Waals surface area contributed by atoms with Gasteiger partial charge < -0.3 is 29.5 Å². The standard InChI is InChI=1S/C19H25N7O3/c1-25(2)19-23-17(29-24-19)11-6-5-7-26(10-11)18-21-13-9-15(28-4)14(27-3)8-12(13)16(20)22-18/h8-9,11H,5-7,10H2,1-4H3,(H2,20,21,22). The molecule has 0 spiro atoms. The molecule has 2 N–H and O–H groups in total. The summed E-state index contributed by atoms with van der Waals surface area (Å²) in [6.07, 6.45) is 1.94. The van der Waals surface area contributed by atoms with Gasteiger partial charge in [0.1, 0.15) is 5.82 Å². The Labute approximate surface area is 168 Å². The molecule has 4 rings (SSSR count). The number of anilines is 3. The lowest BCUT2D eigenvalue weighted by atomic mass is 9.98. The van der Waals surface area contributed by atoms with Crippen molar-refractivity contribution in [1.82, 2.24) is 20.1 Å². The Balaban J connectivity index is 1.64. The van der Waals surface area contributed by atoms with Crippen LogP contribution in [0.15, 0.2) is 16.7 Å². The maximum absolute atomic E-state index is 6.24. The lowest BCUT2D eigenvalue weighted by Crippen LogP contribution is -2.35. The molecule has 0 aliphatic carbocycles. The summed E-state index contributed by atoms with van der Waals surface area (Å²) in [5.41, 5.74) is 6.95. The molecule has 0 saturated carbocycles. The van der Waals surface area contributed by atoms with Gasteiger partial charge in [0.25, 0.3) is 5.95 Å². The number of nitrogen functional groups attached to an aromatic ring is 1. The molecule has 29 heavy (non-hydrogen) atoms. The van der Waals surface area contributed by atoms with Crippen molar-refractivity contribution in [3.05, 3.63) is 18.0 Å². The van der Waals surface area contributed by atoms with Crippen LogP contribution in [0.3, 0.4) is 0 Å². The first-order valence-corrected chi connectivity index (χ1v) is 9.45. The van der Waals surface area contributed by atoms with Crippen molar-refractivity contribution < 1.29 is 14.0 Å². The monoisotopic (exact) mass is 399 g/mol. The van der Waals surface area contributed by atoms with E-state index >= 15 is 0 Å². The molecule has 154 valence electrons. The number of benzene rings is 1. The number of methoxy groups -OCH3 is 2. The van der Waals surface area contributed by atoms with Gasteiger partial charge in [0.15, 0.2) is 11.5 Å². The van der Waals surface area contributed by atoms with Crippen molar-refractivity contribution >= 4 is 28.6 Å². The molecule has 1 aliphatic rings. The van der Waals surface area contributed by atoms with E-state index in [-0.39, 0.29) is 5.92 Å². The third-order valence-corrected chi connectivity index (χ3v) is 5.10. The number of hydrogen-bond donors (Lipinski definition) is 1. The van der Waals surface area contributed by atoms with Gasteiger partial charge in [0.05, 0.1) is 25.7 Å². The van der Waals surface area contributed by atoms with E-state index in [1.165, 1.54) is 0 Å². The van der Waals surface area contributed by atoms with E-state index in [1.54, 1.807) is 20.3 Å². The normalized spacial score (nSPS) is 16.8. The highest BCUT2D eigenvalue weighted by Crippen LogP contribution is 2.35. The quantitative estimate of drug-likeness (QED) is 0.683. The topological polar surface area (TPSA) is 116 Å². The molecule has 0 bridgehead atoms. The van der Waals surface area contributed by atoms with Crippen molar-refractivity contribution in [3.8, 4) is 11.5 Å². The van der Waals surface area contributed by atoms with Crippen LogP contribution in [0.4, 0.5) is 17.7 Å². The fourth-order valence-corrected chi connectivity index (χ4v) is 3.54. The summed E-state index contributed by atoms with van der Waals surface area (Å²) in [6.45, 7) is 1.52. The van der Waals surface area contributed by atoms with E-state index in [0.717, 1.165) is 24.8 Å². The van der Waals surface area contributed by atoms with Gasteiger partial charge in [-0.15, -0.1) is 0 Å². The maximum atomic E-state index is 6.24. The van der Waals surface area contributed by atoms with Crippen LogP contribution >= 0.6 is 0 Å². The predicted molar refractivity (Wildman–Crippen MR) is 110 cm³/mol. The lowest BCUT2D eigenvalue weighted by molar-refractivity contribution is 0.332. The SMILES string of the molecule is COc1cc2nc(N3CCCC(c4nc(N(C)C)no4)C3)nc(N)c2cc1OC. The molecule has 1 atom stereocenters.